The van der Waals surface area contributed by atoms with Crippen molar-refractivity contribution in [1.29, 1.82) is 0 Å². The van der Waals surface area contributed by atoms with Gasteiger partial charge in [-0.2, -0.15) is 0 Å². The first kappa shape index (κ1) is 18.2. The average molecular weight is 368 g/mol. The first-order valence-electron chi connectivity index (χ1n) is 6.77. The second-order valence-electron chi connectivity index (χ2n) is 6.89. The molecule has 0 rings (SSSR count). The van der Waals surface area contributed by atoms with Crippen LogP contribution in [-0.4, -0.2) is 16.0 Å². The molecule has 2 atom stereocenters. The van der Waals surface area contributed by atoms with E-state index in [2.05, 4.69) is 57.2 Å². The highest BCUT2D eigenvalue weighted by molar-refractivity contribution is 14.1. The first-order valence-corrected chi connectivity index (χ1v) is 8.01. The monoisotopic (exact) mass is 368 g/mol. The molecule has 0 bridgehead atoms. The smallest absolute Gasteiger partial charge is 0.312 e. The minimum absolute atomic E-state index is 0.0350. The normalized spacial score (nSPS) is 16.6. The van der Waals surface area contributed by atoms with E-state index < -0.39 is 5.41 Å². The molecule has 3 heteroatoms. The van der Waals surface area contributed by atoms with Crippen LogP contribution in [0.2, 0.25) is 0 Å². The summed E-state index contributed by atoms with van der Waals surface area (Å²) in [5.41, 5.74) is -0.524. The van der Waals surface area contributed by atoms with Crippen LogP contribution in [0.15, 0.2) is 0 Å². The molecule has 0 saturated heterocycles. The van der Waals surface area contributed by atoms with Crippen LogP contribution >= 0.6 is 22.6 Å². The predicted octanol–water partition coefficient (Wildman–Crippen LogP) is 4.84. The maximum Gasteiger partial charge on any atom is 0.312 e. The van der Waals surface area contributed by atoms with E-state index in [1.807, 2.05) is 20.8 Å². The number of rotatable bonds is 6. The van der Waals surface area contributed by atoms with E-state index in [1.165, 1.54) is 0 Å². The van der Waals surface area contributed by atoms with Crippen LogP contribution in [0.1, 0.15) is 61.8 Å². The molecule has 0 heterocycles. The molecule has 0 N–H and O–H groups in total. The molecule has 0 aliphatic rings. The summed E-state index contributed by atoms with van der Waals surface area (Å²) in [5, 5.41) is 0. The Hall–Kier alpha value is 0.200. The largest absolute Gasteiger partial charge is 0.461 e. The summed E-state index contributed by atoms with van der Waals surface area (Å²) < 4.78 is 5.93. The average Bonchev–Trinajstić information content (AvgIpc) is 2.14. The third-order valence-corrected chi connectivity index (χ3v) is 5.07. The van der Waals surface area contributed by atoms with Gasteiger partial charge in [0, 0.05) is 3.92 Å². The summed E-state index contributed by atoms with van der Waals surface area (Å²) in [6.45, 7) is 16.7. The van der Waals surface area contributed by atoms with Gasteiger partial charge < -0.3 is 4.74 Å². The van der Waals surface area contributed by atoms with E-state index in [0.717, 1.165) is 6.42 Å². The Labute approximate surface area is 126 Å². The van der Waals surface area contributed by atoms with Gasteiger partial charge in [-0.05, 0) is 45.4 Å². The highest BCUT2D eigenvalue weighted by Gasteiger charge is 2.45. The van der Waals surface area contributed by atoms with Crippen molar-refractivity contribution < 1.29 is 9.53 Å². The quantitative estimate of drug-likeness (QED) is 0.381. The zero-order chi connectivity index (χ0) is 14.7. The lowest BCUT2D eigenvalue weighted by Gasteiger charge is -2.41. The molecular weight excluding hydrogens is 339 g/mol. The molecule has 0 saturated carbocycles. The summed E-state index contributed by atoms with van der Waals surface area (Å²) in [6, 6.07) is 0. The van der Waals surface area contributed by atoms with Gasteiger partial charge in [0.15, 0.2) is 0 Å². The maximum absolute atomic E-state index is 12.4. The van der Waals surface area contributed by atoms with Crippen molar-refractivity contribution in [3.8, 4) is 0 Å². The fraction of sp³-hybridized carbons (Fsp3) is 0.933. The molecule has 0 radical (unpaired) electrons. The van der Waals surface area contributed by atoms with E-state index in [0.29, 0.717) is 9.84 Å². The van der Waals surface area contributed by atoms with Crippen LogP contribution in [0, 0.1) is 16.7 Å². The molecule has 0 amide bonds. The van der Waals surface area contributed by atoms with Gasteiger partial charge in [-0.3, -0.25) is 4.79 Å². The molecule has 2 unspecified atom stereocenters. The summed E-state index contributed by atoms with van der Waals surface area (Å²) in [6.07, 6.45) is 0.982. The van der Waals surface area contributed by atoms with E-state index >= 15 is 0 Å². The number of alkyl halides is 1. The second kappa shape index (κ2) is 6.58. The van der Waals surface area contributed by atoms with Gasteiger partial charge in [-0.1, -0.05) is 50.3 Å². The SMILES string of the molecule is CC(C)CC(C)(C)C(C)(C)C(=O)OC(C)C(C)I. The van der Waals surface area contributed by atoms with E-state index in [4.69, 9.17) is 4.74 Å². The Kier molecular flexibility index (Phi) is 6.65. The van der Waals surface area contributed by atoms with Crippen molar-refractivity contribution in [2.24, 2.45) is 16.7 Å². The number of hydrogen-bond donors (Lipinski definition) is 0. The maximum atomic E-state index is 12.4. The first-order chi connectivity index (χ1) is 7.91. The second-order valence-corrected chi connectivity index (χ2v) is 8.86. The van der Waals surface area contributed by atoms with E-state index in [-0.39, 0.29) is 17.5 Å². The molecular formula is C15H29IO2. The zero-order valence-electron chi connectivity index (χ0n) is 13.1. The highest BCUT2D eigenvalue weighted by atomic mass is 127. The summed E-state index contributed by atoms with van der Waals surface area (Å²) >= 11 is 2.29. The number of carbonyl (C=O) groups excluding carboxylic acids is 1. The Morgan fingerprint density at radius 3 is 1.89 bits per heavy atom. The molecule has 0 aromatic heterocycles. The van der Waals surface area contributed by atoms with Gasteiger partial charge in [0.2, 0.25) is 0 Å². The highest BCUT2D eigenvalue weighted by Crippen LogP contribution is 2.44. The molecule has 0 aliphatic carbocycles. The van der Waals surface area contributed by atoms with Gasteiger partial charge in [-0.25, -0.2) is 0 Å². The van der Waals surface area contributed by atoms with Crippen LogP contribution < -0.4 is 0 Å². The van der Waals surface area contributed by atoms with Crippen molar-refractivity contribution in [2.75, 3.05) is 0 Å². The van der Waals surface area contributed by atoms with Crippen molar-refractivity contribution >= 4 is 28.6 Å². The van der Waals surface area contributed by atoms with Gasteiger partial charge >= 0.3 is 5.97 Å². The van der Waals surface area contributed by atoms with Crippen molar-refractivity contribution in [3.63, 3.8) is 0 Å². The molecule has 0 spiro atoms. The van der Waals surface area contributed by atoms with Crippen LogP contribution in [0.5, 0.6) is 0 Å². The summed E-state index contributed by atoms with van der Waals surface area (Å²) in [4.78, 5) is 12.4. The zero-order valence-corrected chi connectivity index (χ0v) is 15.3. The number of esters is 1. The number of halogens is 1. The van der Waals surface area contributed by atoms with Crippen LogP contribution in [-0.2, 0) is 9.53 Å². The van der Waals surface area contributed by atoms with Gasteiger partial charge in [-0.15, -0.1) is 0 Å². The molecule has 18 heavy (non-hydrogen) atoms. The van der Waals surface area contributed by atoms with Crippen molar-refractivity contribution in [2.45, 2.75) is 71.8 Å². The van der Waals surface area contributed by atoms with Crippen molar-refractivity contribution in [3.05, 3.63) is 0 Å². The topological polar surface area (TPSA) is 26.3 Å². The van der Waals surface area contributed by atoms with Crippen LogP contribution in [0.3, 0.4) is 0 Å². The standard InChI is InChI=1S/C15H29IO2/c1-10(2)9-14(5,6)15(7,8)13(17)18-12(4)11(3)16/h10-12H,9H2,1-8H3. The lowest BCUT2D eigenvalue weighted by atomic mass is 9.64. The molecule has 0 aliphatic heterocycles. The minimum Gasteiger partial charge on any atom is -0.461 e. The lowest BCUT2D eigenvalue weighted by molar-refractivity contribution is -0.166. The molecule has 0 aromatic rings. The number of hydrogen-bond acceptors (Lipinski definition) is 2. The lowest BCUT2D eigenvalue weighted by Crippen LogP contribution is -2.43. The summed E-state index contributed by atoms with van der Waals surface area (Å²) in [7, 11) is 0. The van der Waals surface area contributed by atoms with E-state index in [9.17, 15) is 4.79 Å². The van der Waals surface area contributed by atoms with Crippen molar-refractivity contribution in [1.82, 2.24) is 0 Å². The van der Waals surface area contributed by atoms with Gasteiger partial charge in [0.1, 0.15) is 6.10 Å². The minimum atomic E-state index is -0.461. The Morgan fingerprint density at radius 2 is 1.56 bits per heavy atom. The Balaban J connectivity index is 4.85. The van der Waals surface area contributed by atoms with Gasteiger partial charge in [0.05, 0.1) is 5.41 Å². The number of carbonyl (C=O) groups is 1. The van der Waals surface area contributed by atoms with E-state index in [1.54, 1.807) is 0 Å². The van der Waals surface area contributed by atoms with Crippen LogP contribution in [0.25, 0.3) is 0 Å². The fourth-order valence-electron chi connectivity index (χ4n) is 1.96. The molecule has 108 valence electrons. The Bertz CT molecular complexity index is 280. The fourth-order valence-corrected chi connectivity index (χ4v) is 2.11. The van der Waals surface area contributed by atoms with Crippen LogP contribution in [0.4, 0.5) is 0 Å². The third-order valence-electron chi connectivity index (χ3n) is 4.06. The summed E-state index contributed by atoms with van der Waals surface area (Å²) in [5.74, 6) is 0.497. The number of ether oxygens (including phenoxy) is 1. The predicted molar refractivity (Wildman–Crippen MR) is 86.1 cm³/mol. The molecule has 2 nitrogen and oxygen atoms in total. The molecule has 0 fully saturated rings. The Morgan fingerprint density at radius 1 is 1.11 bits per heavy atom. The molecule has 0 aromatic carbocycles. The third kappa shape index (κ3) is 4.71. The van der Waals surface area contributed by atoms with Gasteiger partial charge in [0.25, 0.3) is 0 Å².